The molecule has 0 spiro atoms. The summed E-state index contributed by atoms with van der Waals surface area (Å²) >= 11 is 0. The van der Waals surface area contributed by atoms with Gasteiger partial charge in [0, 0.05) is 19.8 Å². The molecule has 1 rings (SSSR count). The fraction of sp³-hybridized carbons (Fsp3) is 0.455. The van der Waals surface area contributed by atoms with Crippen LogP contribution in [-0.4, -0.2) is 39.1 Å². The van der Waals surface area contributed by atoms with Gasteiger partial charge in [0.15, 0.2) is 0 Å². The molecular weight excluding hydrogens is 245 g/mol. The highest BCUT2D eigenvalue weighted by atomic mass is 32.2. The minimum absolute atomic E-state index is 0.0231. The molecule has 0 bridgehead atoms. The summed E-state index contributed by atoms with van der Waals surface area (Å²) < 4.78 is 35.6. The Kier molecular flexibility index (Phi) is 4.47. The number of aliphatic hydroxyl groups is 1. The largest absolute Gasteiger partial charge is 0.392 e. The number of anilines is 1. The smallest absolute Gasteiger partial charge is 0.149 e. The maximum Gasteiger partial charge on any atom is 0.149 e. The second-order valence-corrected chi connectivity index (χ2v) is 6.26. The number of rotatable bonds is 5. The lowest BCUT2D eigenvalue weighted by atomic mass is 10.2. The van der Waals surface area contributed by atoms with E-state index in [4.69, 9.17) is 5.11 Å². The molecule has 0 aliphatic carbocycles. The van der Waals surface area contributed by atoms with Gasteiger partial charge in [-0.05, 0) is 17.7 Å². The zero-order chi connectivity index (χ0) is 13.1. The van der Waals surface area contributed by atoms with Crippen LogP contribution in [0.3, 0.4) is 0 Å². The lowest BCUT2D eigenvalue weighted by Gasteiger charge is -2.19. The SMILES string of the molecule is CN(CCS(C)(=O)=O)c1ccc(CO)cc1F. The van der Waals surface area contributed by atoms with Gasteiger partial charge < -0.3 is 10.0 Å². The Morgan fingerprint density at radius 3 is 2.53 bits per heavy atom. The standard InChI is InChI=1S/C11H16FNO3S/c1-13(5-6-17(2,15)16)11-4-3-9(8-14)7-10(11)12/h3-4,7,14H,5-6,8H2,1-2H3. The van der Waals surface area contributed by atoms with Crippen LogP contribution in [0.4, 0.5) is 10.1 Å². The van der Waals surface area contributed by atoms with Gasteiger partial charge in [-0.1, -0.05) is 6.07 Å². The first kappa shape index (κ1) is 13.9. The predicted octanol–water partition coefficient (Wildman–Crippen LogP) is 0.799. The van der Waals surface area contributed by atoms with Crippen LogP contribution >= 0.6 is 0 Å². The number of hydrogen-bond acceptors (Lipinski definition) is 4. The molecule has 0 aliphatic rings. The minimum Gasteiger partial charge on any atom is -0.392 e. The van der Waals surface area contributed by atoms with Gasteiger partial charge in [-0.3, -0.25) is 0 Å². The van der Waals surface area contributed by atoms with Crippen molar-refractivity contribution in [1.29, 1.82) is 0 Å². The molecule has 1 N–H and O–H groups in total. The highest BCUT2D eigenvalue weighted by molar-refractivity contribution is 7.90. The molecule has 17 heavy (non-hydrogen) atoms. The topological polar surface area (TPSA) is 57.6 Å². The lowest BCUT2D eigenvalue weighted by molar-refractivity contribution is 0.281. The van der Waals surface area contributed by atoms with Crippen molar-refractivity contribution in [3.05, 3.63) is 29.6 Å². The third-order valence-corrected chi connectivity index (χ3v) is 3.33. The number of benzene rings is 1. The van der Waals surface area contributed by atoms with Crippen LogP contribution in [0, 0.1) is 5.82 Å². The number of hydrogen-bond donors (Lipinski definition) is 1. The Bertz CT molecular complexity index is 487. The van der Waals surface area contributed by atoms with Crippen LogP contribution < -0.4 is 4.90 Å². The lowest BCUT2D eigenvalue weighted by Crippen LogP contribution is -2.25. The Morgan fingerprint density at radius 1 is 1.41 bits per heavy atom. The van der Waals surface area contributed by atoms with Crippen LogP contribution in [-0.2, 0) is 16.4 Å². The molecule has 0 radical (unpaired) electrons. The van der Waals surface area contributed by atoms with E-state index in [2.05, 4.69) is 0 Å². The van der Waals surface area contributed by atoms with Crippen molar-refractivity contribution in [3.63, 3.8) is 0 Å². The second-order valence-electron chi connectivity index (χ2n) is 4.00. The Labute approximate surface area is 101 Å². The van der Waals surface area contributed by atoms with Crippen LogP contribution in [0.5, 0.6) is 0 Å². The normalized spacial score (nSPS) is 11.5. The molecular formula is C11H16FNO3S. The quantitative estimate of drug-likeness (QED) is 0.851. The summed E-state index contributed by atoms with van der Waals surface area (Å²) in [5, 5.41) is 8.84. The third kappa shape index (κ3) is 4.32. The molecule has 0 atom stereocenters. The van der Waals surface area contributed by atoms with Gasteiger partial charge in [0.05, 0.1) is 18.0 Å². The third-order valence-electron chi connectivity index (χ3n) is 2.40. The summed E-state index contributed by atoms with van der Waals surface area (Å²) in [5.74, 6) is -0.488. The maximum atomic E-state index is 13.6. The monoisotopic (exact) mass is 261 g/mol. The molecule has 6 heteroatoms. The van der Waals surface area contributed by atoms with Gasteiger partial charge in [-0.25, -0.2) is 12.8 Å². The first-order valence-electron chi connectivity index (χ1n) is 5.11. The summed E-state index contributed by atoms with van der Waals surface area (Å²) in [6, 6.07) is 4.38. The van der Waals surface area contributed by atoms with Gasteiger partial charge in [-0.15, -0.1) is 0 Å². The van der Waals surface area contributed by atoms with Crippen LogP contribution in [0.15, 0.2) is 18.2 Å². The van der Waals surface area contributed by atoms with Crippen molar-refractivity contribution >= 4 is 15.5 Å². The molecule has 0 aliphatic heterocycles. The molecule has 0 unspecified atom stereocenters. The molecule has 4 nitrogen and oxygen atoms in total. The number of halogens is 1. The van der Waals surface area contributed by atoms with E-state index < -0.39 is 15.7 Å². The van der Waals surface area contributed by atoms with E-state index >= 15 is 0 Å². The summed E-state index contributed by atoms with van der Waals surface area (Å²) in [6.07, 6.45) is 1.14. The molecule has 0 heterocycles. The number of nitrogens with zero attached hydrogens (tertiary/aromatic N) is 1. The first-order chi connectivity index (χ1) is 7.83. The van der Waals surface area contributed by atoms with E-state index in [0.29, 0.717) is 11.3 Å². The van der Waals surface area contributed by atoms with E-state index in [-0.39, 0.29) is 18.9 Å². The van der Waals surface area contributed by atoms with E-state index in [9.17, 15) is 12.8 Å². The molecule has 0 fully saturated rings. The average Bonchev–Trinajstić information content (AvgIpc) is 2.24. The van der Waals surface area contributed by atoms with Crippen LogP contribution in [0.1, 0.15) is 5.56 Å². The van der Waals surface area contributed by atoms with E-state index in [1.165, 1.54) is 17.0 Å². The molecule has 1 aromatic carbocycles. The van der Waals surface area contributed by atoms with E-state index in [0.717, 1.165) is 6.26 Å². The highest BCUT2D eigenvalue weighted by Crippen LogP contribution is 2.19. The molecule has 0 saturated carbocycles. The number of aliphatic hydroxyl groups excluding tert-OH is 1. The van der Waals surface area contributed by atoms with E-state index in [1.807, 2.05) is 0 Å². The Hall–Kier alpha value is -1.14. The van der Waals surface area contributed by atoms with Gasteiger partial charge in [0.1, 0.15) is 15.7 Å². The average molecular weight is 261 g/mol. The molecule has 0 saturated heterocycles. The number of sulfone groups is 1. The van der Waals surface area contributed by atoms with Gasteiger partial charge in [0.25, 0.3) is 0 Å². The summed E-state index contributed by atoms with van der Waals surface area (Å²) in [6.45, 7) is 0.0124. The fourth-order valence-electron chi connectivity index (χ4n) is 1.38. The van der Waals surface area contributed by atoms with Crippen molar-refractivity contribution in [1.82, 2.24) is 0 Å². The van der Waals surface area contributed by atoms with Crippen LogP contribution in [0.25, 0.3) is 0 Å². The summed E-state index contributed by atoms with van der Waals surface area (Å²) in [4.78, 5) is 1.54. The van der Waals surface area contributed by atoms with Crippen molar-refractivity contribution in [3.8, 4) is 0 Å². The predicted molar refractivity (Wildman–Crippen MR) is 65.3 cm³/mol. The minimum atomic E-state index is -3.06. The van der Waals surface area contributed by atoms with Gasteiger partial charge in [-0.2, -0.15) is 0 Å². The summed E-state index contributed by atoms with van der Waals surface area (Å²) in [5.41, 5.74) is 0.814. The first-order valence-corrected chi connectivity index (χ1v) is 7.17. The van der Waals surface area contributed by atoms with Gasteiger partial charge >= 0.3 is 0 Å². The Balaban J connectivity index is 2.79. The van der Waals surface area contributed by atoms with Crippen molar-refractivity contribution in [2.45, 2.75) is 6.61 Å². The van der Waals surface area contributed by atoms with Gasteiger partial charge in [0.2, 0.25) is 0 Å². The van der Waals surface area contributed by atoms with E-state index in [1.54, 1.807) is 13.1 Å². The van der Waals surface area contributed by atoms with Crippen molar-refractivity contribution in [2.24, 2.45) is 0 Å². The Morgan fingerprint density at radius 2 is 2.06 bits per heavy atom. The molecule has 0 amide bonds. The zero-order valence-corrected chi connectivity index (χ0v) is 10.7. The van der Waals surface area contributed by atoms with Crippen molar-refractivity contribution < 1.29 is 17.9 Å². The molecule has 96 valence electrons. The zero-order valence-electron chi connectivity index (χ0n) is 9.85. The maximum absolute atomic E-state index is 13.6. The van der Waals surface area contributed by atoms with Crippen LogP contribution in [0.2, 0.25) is 0 Å². The highest BCUT2D eigenvalue weighted by Gasteiger charge is 2.10. The summed E-state index contributed by atoms with van der Waals surface area (Å²) in [7, 11) is -1.43. The molecule has 0 aromatic heterocycles. The molecule has 1 aromatic rings. The second kappa shape index (κ2) is 5.46. The fourth-order valence-corrected chi connectivity index (χ4v) is 1.99. The van der Waals surface area contributed by atoms with Crippen molar-refractivity contribution in [2.75, 3.05) is 30.5 Å².